The van der Waals surface area contributed by atoms with Gasteiger partial charge in [0.1, 0.15) is 11.6 Å². The number of rotatable bonds is 7. The van der Waals surface area contributed by atoms with Crippen LogP contribution in [-0.2, 0) is 17.8 Å². The Bertz CT molecular complexity index is 770. The SMILES string of the molecule is CN(Cc1ccccc1F)C(=O)CN1CCC(CCc2ccc(O)cc2)CC1. The highest BCUT2D eigenvalue weighted by atomic mass is 19.1. The van der Waals surface area contributed by atoms with Crippen LogP contribution in [0.25, 0.3) is 0 Å². The summed E-state index contributed by atoms with van der Waals surface area (Å²) < 4.78 is 13.8. The highest BCUT2D eigenvalue weighted by molar-refractivity contribution is 5.78. The van der Waals surface area contributed by atoms with E-state index in [9.17, 15) is 14.3 Å². The highest BCUT2D eigenvalue weighted by Crippen LogP contribution is 2.23. The molecular formula is C23H29FN2O2. The first-order valence-corrected chi connectivity index (χ1v) is 9.99. The average molecular weight is 384 g/mol. The van der Waals surface area contributed by atoms with Gasteiger partial charge in [0.25, 0.3) is 0 Å². The molecule has 0 unspecified atom stereocenters. The Hall–Kier alpha value is -2.40. The summed E-state index contributed by atoms with van der Waals surface area (Å²) in [5.74, 6) is 0.750. The summed E-state index contributed by atoms with van der Waals surface area (Å²) in [6.45, 7) is 2.56. The van der Waals surface area contributed by atoms with Crippen LogP contribution >= 0.6 is 0 Å². The van der Waals surface area contributed by atoms with Gasteiger partial charge in [-0.1, -0.05) is 30.3 Å². The van der Waals surface area contributed by atoms with E-state index in [0.717, 1.165) is 38.8 Å². The Kier molecular flexibility index (Phi) is 7.04. The lowest BCUT2D eigenvalue weighted by atomic mass is 9.90. The van der Waals surface area contributed by atoms with Gasteiger partial charge in [-0.05, 0) is 68.5 Å². The van der Waals surface area contributed by atoms with Gasteiger partial charge in [0.15, 0.2) is 0 Å². The van der Waals surface area contributed by atoms with Crippen molar-refractivity contribution in [3.63, 3.8) is 0 Å². The topological polar surface area (TPSA) is 43.8 Å². The number of carbonyl (C=O) groups is 1. The molecule has 4 nitrogen and oxygen atoms in total. The van der Waals surface area contributed by atoms with E-state index in [-0.39, 0.29) is 11.7 Å². The molecule has 0 bridgehead atoms. The highest BCUT2D eigenvalue weighted by Gasteiger charge is 2.22. The van der Waals surface area contributed by atoms with Gasteiger partial charge < -0.3 is 10.0 Å². The van der Waals surface area contributed by atoms with Crippen LogP contribution in [0.4, 0.5) is 4.39 Å². The zero-order valence-electron chi connectivity index (χ0n) is 16.5. The molecule has 0 saturated carbocycles. The second kappa shape index (κ2) is 9.69. The number of nitrogens with zero attached hydrogens (tertiary/aromatic N) is 2. The van der Waals surface area contributed by atoms with Crippen LogP contribution in [0.2, 0.25) is 0 Å². The maximum atomic E-state index is 13.8. The van der Waals surface area contributed by atoms with E-state index in [4.69, 9.17) is 0 Å². The van der Waals surface area contributed by atoms with Crippen molar-refractivity contribution in [2.75, 3.05) is 26.7 Å². The quantitative estimate of drug-likeness (QED) is 0.789. The molecule has 0 aromatic heterocycles. The summed E-state index contributed by atoms with van der Waals surface area (Å²) in [6.07, 6.45) is 4.36. The molecular weight excluding hydrogens is 355 g/mol. The number of aromatic hydroxyl groups is 1. The van der Waals surface area contributed by atoms with Gasteiger partial charge in [0.05, 0.1) is 6.54 Å². The molecule has 0 radical (unpaired) electrons. The minimum Gasteiger partial charge on any atom is -0.508 e. The normalized spacial score (nSPS) is 15.5. The molecule has 150 valence electrons. The number of likely N-dealkylation sites (N-methyl/N-ethyl adjacent to an activating group) is 1. The molecule has 1 amide bonds. The van der Waals surface area contributed by atoms with Crippen molar-refractivity contribution in [1.29, 1.82) is 0 Å². The number of halogens is 1. The Morgan fingerprint density at radius 1 is 1.14 bits per heavy atom. The standard InChI is InChI=1S/C23H29FN2O2/c1-25(16-20-4-2-3-5-22(20)24)23(28)17-26-14-12-19(13-15-26)7-6-18-8-10-21(27)11-9-18/h2-5,8-11,19,27H,6-7,12-17H2,1H3. The van der Waals surface area contributed by atoms with Crippen LogP contribution in [0, 0.1) is 11.7 Å². The van der Waals surface area contributed by atoms with Crippen molar-refractivity contribution >= 4 is 5.91 Å². The molecule has 1 aliphatic rings. The minimum atomic E-state index is -0.267. The fourth-order valence-corrected chi connectivity index (χ4v) is 3.75. The van der Waals surface area contributed by atoms with Crippen molar-refractivity contribution in [1.82, 2.24) is 9.80 Å². The predicted octanol–water partition coefficient (Wildman–Crippen LogP) is 3.83. The molecule has 1 heterocycles. The molecule has 2 aromatic rings. The zero-order valence-corrected chi connectivity index (χ0v) is 16.5. The molecule has 2 aromatic carbocycles. The molecule has 1 aliphatic heterocycles. The number of phenolic OH excluding ortho intramolecular Hbond substituents is 1. The molecule has 1 fully saturated rings. The van der Waals surface area contributed by atoms with Gasteiger partial charge in [-0.2, -0.15) is 0 Å². The maximum absolute atomic E-state index is 13.8. The number of amides is 1. The Morgan fingerprint density at radius 2 is 1.82 bits per heavy atom. The van der Waals surface area contributed by atoms with E-state index in [1.54, 1.807) is 42.3 Å². The number of aryl methyl sites for hydroxylation is 1. The van der Waals surface area contributed by atoms with E-state index < -0.39 is 0 Å². The lowest BCUT2D eigenvalue weighted by Crippen LogP contribution is -2.42. The summed E-state index contributed by atoms with van der Waals surface area (Å²) in [5, 5.41) is 9.35. The van der Waals surface area contributed by atoms with Crippen LogP contribution in [-0.4, -0.2) is 47.5 Å². The maximum Gasteiger partial charge on any atom is 0.236 e. The van der Waals surface area contributed by atoms with Gasteiger partial charge in [-0.3, -0.25) is 9.69 Å². The fourth-order valence-electron chi connectivity index (χ4n) is 3.75. The lowest BCUT2D eigenvalue weighted by molar-refractivity contribution is -0.132. The second-order valence-corrected chi connectivity index (χ2v) is 7.77. The number of likely N-dealkylation sites (tertiary alicyclic amines) is 1. The molecule has 28 heavy (non-hydrogen) atoms. The molecule has 3 rings (SSSR count). The van der Waals surface area contributed by atoms with Crippen LogP contribution in [0.3, 0.4) is 0 Å². The summed E-state index contributed by atoms with van der Waals surface area (Å²) in [6, 6.07) is 14.0. The minimum absolute atomic E-state index is 0.0331. The van der Waals surface area contributed by atoms with Gasteiger partial charge >= 0.3 is 0 Å². The van der Waals surface area contributed by atoms with E-state index >= 15 is 0 Å². The van der Waals surface area contributed by atoms with Gasteiger partial charge in [0, 0.05) is 19.2 Å². The van der Waals surface area contributed by atoms with Crippen molar-refractivity contribution in [3.05, 3.63) is 65.5 Å². The Balaban J connectivity index is 1.39. The molecule has 1 N–H and O–H groups in total. The van der Waals surface area contributed by atoms with Crippen LogP contribution in [0.1, 0.15) is 30.4 Å². The van der Waals surface area contributed by atoms with Crippen molar-refractivity contribution < 1.29 is 14.3 Å². The summed E-state index contributed by atoms with van der Waals surface area (Å²) in [7, 11) is 1.74. The summed E-state index contributed by atoms with van der Waals surface area (Å²) >= 11 is 0. The number of benzene rings is 2. The first-order valence-electron chi connectivity index (χ1n) is 9.99. The predicted molar refractivity (Wildman–Crippen MR) is 108 cm³/mol. The van der Waals surface area contributed by atoms with Crippen LogP contribution in [0.5, 0.6) is 5.75 Å². The summed E-state index contributed by atoms with van der Waals surface area (Å²) in [5.41, 5.74) is 1.80. The van der Waals surface area contributed by atoms with Crippen molar-refractivity contribution in [2.24, 2.45) is 5.92 Å². The molecule has 0 spiro atoms. The largest absolute Gasteiger partial charge is 0.508 e. The van der Waals surface area contributed by atoms with Gasteiger partial charge in [-0.15, -0.1) is 0 Å². The van der Waals surface area contributed by atoms with Gasteiger partial charge in [-0.25, -0.2) is 4.39 Å². The van der Waals surface area contributed by atoms with E-state index in [0.29, 0.717) is 30.3 Å². The zero-order chi connectivity index (χ0) is 19.9. The van der Waals surface area contributed by atoms with Crippen molar-refractivity contribution in [2.45, 2.75) is 32.2 Å². The second-order valence-electron chi connectivity index (χ2n) is 7.77. The molecule has 1 saturated heterocycles. The number of hydrogen-bond acceptors (Lipinski definition) is 3. The van der Waals surface area contributed by atoms with Crippen LogP contribution in [0.15, 0.2) is 48.5 Å². The number of phenols is 1. The number of hydrogen-bond donors (Lipinski definition) is 1. The van der Waals surface area contributed by atoms with Crippen LogP contribution < -0.4 is 0 Å². The first kappa shape index (κ1) is 20.3. The Morgan fingerprint density at radius 3 is 2.50 bits per heavy atom. The van der Waals surface area contributed by atoms with E-state index in [1.807, 2.05) is 12.1 Å². The lowest BCUT2D eigenvalue weighted by Gasteiger charge is -2.32. The third-order valence-corrected chi connectivity index (χ3v) is 5.63. The van der Waals surface area contributed by atoms with Gasteiger partial charge in [0.2, 0.25) is 5.91 Å². The summed E-state index contributed by atoms with van der Waals surface area (Å²) in [4.78, 5) is 16.3. The number of piperidine rings is 1. The van der Waals surface area contributed by atoms with E-state index in [1.165, 1.54) is 11.6 Å². The molecule has 0 aliphatic carbocycles. The monoisotopic (exact) mass is 384 g/mol. The average Bonchev–Trinajstić information content (AvgIpc) is 2.70. The van der Waals surface area contributed by atoms with Crippen molar-refractivity contribution in [3.8, 4) is 5.75 Å². The third-order valence-electron chi connectivity index (χ3n) is 5.63. The fraction of sp³-hybridized carbons (Fsp3) is 0.435. The third kappa shape index (κ3) is 5.80. The molecule has 0 atom stereocenters. The number of carbonyl (C=O) groups excluding carboxylic acids is 1. The Labute approximate surface area is 166 Å². The molecule has 5 heteroatoms. The first-order chi connectivity index (χ1) is 13.5. The smallest absolute Gasteiger partial charge is 0.236 e. The van der Waals surface area contributed by atoms with E-state index in [2.05, 4.69) is 4.90 Å².